The number of hydrogen-bond donors (Lipinski definition) is 2. The van der Waals surface area contributed by atoms with Crippen LogP contribution in [0, 0.1) is 33.8 Å². The maximum atomic E-state index is 16.6. The van der Waals surface area contributed by atoms with Crippen LogP contribution < -0.4 is 14.9 Å². The van der Waals surface area contributed by atoms with Gasteiger partial charge in [-0.1, -0.05) is 23.5 Å². The van der Waals surface area contributed by atoms with Crippen molar-refractivity contribution >= 4 is 48.0 Å². The zero-order chi connectivity index (χ0) is 38.4. The molecule has 54 heavy (non-hydrogen) atoms. The first-order chi connectivity index (χ1) is 25.4. The van der Waals surface area contributed by atoms with Gasteiger partial charge in [0.05, 0.1) is 50.5 Å². The van der Waals surface area contributed by atoms with Gasteiger partial charge in [-0.3, -0.25) is 4.72 Å². The molecule has 19 heteroatoms. The van der Waals surface area contributed by atoms with Gasteiger partial charge in [0.15, 0.2) is 20.8 Å². The van der Waals surface area contributed by atoms with Crippen molar-refractivity contribution in [3.05, 3.63) is 65.9 Å². The summed E-state index contributed by atoms with van der Waals surface area (Å²) in [4.78, 5) is 14.8. The number of hydrogen-bond acceptors (Lipinski definition) is 11. The summed E-state index contributed by atoms with van der Waals surface area (Å²) in [6.45, 7) is 1.93. The molecule has 2 aromatic carbocycles. The summed E-state index contributed by atoms with van der Waals surface area (Å²) in [7, 11) is -8.29. The molecule has 284 valence electrons. The van der Waals surface area contributed by atoms with Crippen LogP contribution in [0.4, 0.5) is 38.7 Å². The van der Waals surface area contributed by atoms with Crippen molar-refractivity contribution in [2.24, 2.45) is 10.8 Å². The SMILES string of the molecule is CC1(C#N)CC2CCC(C1)N2c1nc(-c2cccc(NS(=O)(=O)c3c(F)cccc3C(F)(F)F)c2F)c(-c2ccnc(NC3CC4(C3)CS(=O)(=O)C4)n2)s1. The van der Waals surface area contributed by atoms with E-state index in [1.54, 1.807) is 6.07 Å². The third kappa shape index (κ3) is 6.45. The molecule has 1 spiro atoms. The molecule has 8 rings (SSSR count). The summed E-state index contributed by atoms with van der Waals surface area (Å²) in [5.74, 6) is -2.26. The topological polar surface area (TPSA) is 158 Å². The van der Waals surface area contributed by atoms with E-state index in [0.29, 0.717) is 53.5 Å². The Morgan fingerprint density at radius 1 is 1.00 bits per heavy atom. The molecule has 2 atom stereocenters. The Kier molecular flexibility index (Phi) is 8.51. The van der Waals surface area contributed by atoms with Crippen molar-refractivity contribution < 1.29 is 38.8 Å². The van der Waals surface area contributed by atoms with Crippen molar-refractivity contribution in [1.29, 1.82) is 5.26 Å². The molecule has 11 nitrogen and oxygen atoms in total. The van der Waals surface area contributed by atoms with Gasteiger partial charge in [-0.25, -0.2) is 40.6 Å². The first kappa shape index (κ1) is 36.6. The quantitative estimate of drug-likeness (QED) is 0.178. The van der Waals surface area contributed by atoms with Gasteiger partial charge in [-0.15, -0.1) is 0 Å². The lowest BCUT2D eigenvalue weighted by molar-refractivity contribution is -0.140. The molecule has 1 saturated carbocycles. The van der Waals surface area contributed by atoms with E-state index in [0.717, 1.165) is 25.0 Å². The largest absolute Gasteiger partial charge is 0.417 e. The highest BCUT2D eigenvalue weighted by molar-refractivity contribution is 7.93. The predicted octanol–water partition coefficient (Wildman–Crippen LogP) is 7.02. The molecule has 0 radical (unpaired) electrons. The number of nitrogens with zero attached hydrogens (tertiary/aromatic N) is 5. The van der Waals surface area contributed by atoms with Crippen LogP contribution >= 0.6 is 11.3 Å². The van der Waals surface area contributed by atoms with Crippen molar-refractivity contribution in [1.82, 2.24) is 15.0 Å². The van der Waals surface area contributed by atoms with Crippen LogP contribution in [0.3, 0.4) is 0 Å². The van der Waals surface area contributed by atoms with E-state index in [2.05, 4.69) is 21.3 Å². The smallest absolute Gasteiger partial charge is 0.351 e. The normalized spacial score (nSPS) is 24.4. The van der Waals surface area contributed by atoms with Crippen molar-refractivity contribution in [2.45, 2.75) is 74.6 Å². The minimum atomic E-state index is -5.30. The molecular formula is C35H32F5N7O4S3. The number of thiazole rings is 1. The Labute approximate surface area is 311 Å². The molecule has 4 fully saturated rings. The van der Waals surface area contributed by atoms with Crippen LogP contribution in [0.25, 0.3) is 21.8 Å². The van der Waals surface area contributed by atoms with Gasteiger partial charge in [0, 0.05) is 35.3 Å². The molecule has 4 aromatic rings. The Hall–Kier alpha value is -4.41. The highest BCUT2D eigenvalue weighted by Gasteiger charge is 2.56. The van der Waals surface area contributed by atoms with Gasteiger partial charge in [0.1, 0.15) is 10.7 Å². The van der Waals surface area contributed by atoms with Crippen LogP contribution in [0.2, 0.25) is 0 Å². The lowest BCUT2D eigenvalue weighted by atomic mass is 9.67. The number of halogens is 5. The molecular weight excluding hydrogens is 774 g/mol. The molecule has 0 amide bonds. The van der Waals surface area contributed by atoms with Gasteiger partial charge in [0.2, 0.25) is 5.95 Å². The molecule has 2 unspecified atom stereocenters. The van der Waals surface area contributed by atoms with Gasteiger partial charge in [0.25, 0.3) is 10.0 Å². The summed E-state index contributed by atoms with van der Waals surface area (Å²) in [6, 6.07) is 9.33. The number of nitriles is 1. The first-order valence-electron chi connectivity index (χ1n) is 17.1. The third-order valence-electron chi connectivity index (χ3n) is 10.8. The van der Waals surface area contributed by atoms with Crippen molar-refractivity contribution in [2.75, 3.05) is 26.4 Å². The molecule has 2 aromatic heterocycles. The third-order valence-corrected chi connectivity index (χ3v) is 15.4. The van der Waals surface area contributed by atoms with Crippen LogP contribution in [0.5, 0.6) is 0 Å². The van der Waals surface area contributed by atoms with Gasteiger partial charge >= 0.3 is 6.18 Å². The van der Waals surface area contributed by atoms with E-state index < -0.39 is 59.2 Å². The standard InChI is InChI=1S/C35H32F5N7O4S3/c1-33(16-41)14-20-8-9-21(15-33)47(20)32-45-28(29(52-32)26-10-11-42-31(44-26)43-19-12-34(13-19)17-53(48,49)18-34)22-4-2-7-25(27(22)37)46-54(50,51)30-23(35(38,39)40)5-3-6-24(30)36/h2-7,10-11,19-21,46H,8-9,12-15,17-18H2,1H3,(H,42,43,44). The summed E-state index contributed by atoms with van der Waals surface area (Å²) in [6.07, 6.45) is 0.391. The molecule has 3 aliphatic heterocycles. The number of benzene rings is 2. The second-order valence-electron chi connectivity index (χ2n) is 15.0. The number of piperidine rings is 1. The summed E-state index contributed by atoms with van der Waals surface area (Å²) >= 11 is 1.23. The van der Waals surface area contributed by atoms with Crippen LogP contribution in [0.15, 0.2) is 53.6 Å². The van der Waals surface area contributed by atoms with Gasteiger partial charge in [-0.05, 0) is 75.8 Å². The van der Waals surface area contributed by atoms with Crippen LogP contribution in [0.1, 0.15) is 51.0 Å². The molecule has 2 N–H and O–H groups in total. The Balaban J connectivity index is 1.17. The minimum absolute atomic E-state index is 0.0178. The summed E-state index contributed by atoms with van der Waals surface area (Å²) in [5, 5.41) is 13.7. The first-order valence-corrected chi connectivity index (χ1v) is 21.2. The zero-order valence-corrected chi connectivity index (χ0v) is 30.9. The second kappa shape index (κ2) is 12.6. The van der Waals surface area contributed by atoms with E-state index in [9.17, 15) is 39.7 Å². The zero-order valence-electron chi connectivity index (χ0n) is 28.5. The average Bonchev–Trinajstić information content (AvgIpc) is 3.62. The molecule has 4 aliphatic rings. The Morgan fingerprint density at radius 2 is 1.69 bits per heavy atom. The number of nitrogens with one attached hydrogen (secondary N) is 2. The average molecular weight is 806 g/mol. The predicted molar refractivity (Wildman–Crippen MR) is 191 cm³/mol. The maximum Gasteiger partial charge on any atom is 0.417 e. The van der Waals surface area contributed by atoms with Gasteiger partial charge < -0.3 is 10.2 Å². The highest BCUT2D eigenvalue weighted by Crippen LogP contribution is 2.52. The maximum absolute atomic E-state index is 16.6. The van der Waals surface area contributed by atoms with Crippen molar-refractivity contribution in [3.8, 4) is 27.9 Å². The summed E-state index contributed by atoms with van der Waals surface area (Å²) in [5.41, 5.74) is -2.99. The van der Waals surface area contributed by atoms with Crippen molar-refractivity contribution in [3.63, 3.8) is 0 Å². The number of fused-ring (bicyclic) bond motifs is 2. The van der Waals surface area contributed by atoms with E-state index in [1.807, 2.05) is 11.6 Å². The second-order valence-corrected chi connectivity index (χ2v) is 19.6. The van der Waals surface area contributed by atoms with Crippen LogP contribution in [-0.2, 0) is 26.0 Å². The molecule has 2 bridgehead atoms. The van der Waals surface area contributed by atoms with E-state index in [4.69, 9.17) is 9.97 Å². The summed E-state index contributed by atoms with van der Waals surface area (Å²) < 4.78 is 124. The lowest BCUT2D eigenvalue weighted by Gasteiger charge is -2.53. The number of anilines is 3. The Morgan fingerprint density at radius 3 is 2.33 bits per heavy atom. The number of aromatic nitrogens is 3. The molecule has 3 saturated heterocycles. The van der Waals surface area contributed by atoms with E-state index >= 15 is 4.39 Å². The number of alkyl halides is 3. The molecule has 5 heterocycles. The Bertz CT molecular complexity index is 2420. The monoisotopic (exact) mass is 805 g/mol. The fourth-order valence-corrected chi connectivity index (χ4v) is 13.4. The fraction of sp³-hybridized carbons (Fsp3) is 0.429. The van der Waals surface area contributed by atoms with E-state index in [1.165, 1.54) is 29.7 Å². The van der Waals surface area contributed by atoms with Gasteiger partial charge in [-0.2, -0.15) is 18.4 Å². The number of sulfonamides is 1. The van der Waals surface area contributed by atoms with Crippen LogP contribution in [-0.4, -0.2) is 61.4 Å². The fourth-order valence-electron chi connectivity index (χ4n) is 8.61. The molecule has 1 aliphatic carbocycles. The lowest BCUT2D eigenvalue weighted by Crippen LogP contribution is -2.60. The number of rotatable bonds is 8. The van der Waals surface area contributed by atoms with E-state index in [-0.39, 0.29) is 52.3 Å². The minimum Gasteiger partial charge on any atom is -0.351 e. The highest BCUT2D eigenvalue weighted by atomic mass is 32.2. The number of sulfone groups is 1.